The van der Waals surface area contributed by atoms with Gasteiger partial charge in [0.25, 0.3) is 0 Å². The van der Waals surface area contributed by atoms with E-state index in [1.807, 2.05) is 0 Å². The summed E-state index contributed by atoms with van der Waals surface area (Å²) >= 11 is 0. The highest BCUT2D eigenvalue weighted by Gasteiger charge is 2.33. The molecule has 3 nitrogen and oxygen atoms in total. The van der Waals surface area contributed by atoms with Crippen LogP contribution in [0.5, 0.6) is 0 Å². The minimum atomic E-state index is 0.796. The van der Waals surface area contributed by atoms with E-state index in [1.54, 1.807) is 0 Å². The lowest BCUT2D eigenvalue weighted by molar-refractivity contribution is 0.0551. The molecule has 1 heterocycles. The van der Waals surface area contributed by atoms with Gasteiger partial charge < -0.3 is 10.2 Å². The fourth-order valence-corrected chi connectivity index (χ4v) is 2.31. The summed E-state index contributed by atoms with van der Waals surface area (Å²) < 4.78 is 0. The van der Waals surface area contributed by atoms with Crippen molar-refractivity contribution in [2.24, 2.45) is 0 Å². The highest BCUT2D eigenvalue weighted by molar-refractivity contribution is 4.92. The Balaban J connectivity index is 1.71. The molecule has 2 fully saturated rings. The number of rotatable bonds is 2. The summed E-state index contributed by atoms with van der Waals surface area (Å²) in [7, 11) is 4.29. The lowest BCUT2D eigenvalue weighted by Gasteiger charge is -2.45. The molecule has 13 heavy (non-hydrogen) atoms. The Labute approximate surface area is 81.1 Å². The van der Waals surface area contributed by atoms with Gasteiger partial charge in [0.15, 0.2) is 0 Å². The lowest BCUT2D eigenvalue weighted by atomic mass is 9.85. The average Bonchev–Trinajstić information content (AvgIpc) is 2.06. The number of nitrogens with zero attached hydrogens (tertiary/aromatic N) is 2. The van der Waals surface area contributed by atoms with E-state index in [4.69, 9.17) is 0 Å². The zero-order valence-electron chi connectivity index (χ0n) is 8.79. The van der Waals surface area contributed by atoms with Gasteiger partial charge in [0, 0.05) is 38.3 Å². The molecule has 3 heteroatoms. The van der Waals surface area contributed by atoms with E-state index in [0.29, 0.717) is 0 Å². The van der Waals surface area contributed by atoms with Crippen molar-refractivity contribution in [2.75, 3.05) is 40.3 Å². The Morgan fingerprint density at radius 2 is 1.69 bits per heavy atom. The van der Waals surface area contributed by atoms with Gasteiger partial charge in [-0.05, 0) is 26.9 Å². The summed E-state index contributed by atoms with van der Waals surface area (Å²) in [6, 6.07) is 1.68. The van der Waals surface area contributed by atoms with Crippen molar-refractivity contribution in [1.29, 1.82) is 0 Å². The maximum Gasteiger partial charge on any atom is 0.0126 e. The van der Waals surface area contributed by atoms with E-state index < -0.39 is 0 Å². The van der Waals surface area contributed by atoms with E-state index in [-0.39, 0.29) is 0 Å². The van der Waals surface area contributed by atoms with Crippen molar-refractivity contribution in [3.63, 3.8) is 0 Å². The molecule has 1 aliphatic carbocycles. The second-order valence-corrected chi connectivity index (χ2v) is 4.45. The molecule has 2 aliphatic rings. The van der Waals surface area contributed by atoms with Crippen molar-refractivity contribution in [3.8, 4) is 0 Å². The second-order valence-electron chi connectivity index (χ2n) is 4.45. The fraction of sp³-hybridized carbons (Fsp3) is 1.00. The molecule has 0 amide bonds. The molecule has 76 valence electrons. The topological polar surface area (TPSA) is 18.5 Å². The molecular weight excluding hydrogens is 162 g/mol. The molecule has 0 radical (unpaired) electrons. The van der Waals surface area contributed by atoms with Gasteiger partial charge in [0.05, 0.1) is 0 Å². The largest absolute Gasteiger partial charge is 0.317 e. The molecule has 2 rings (SSSR count). The number of likely N-dealkylation sites (N-methyl/N-ethyl adjacent to an activating group) is 1. The molecule has 0 atom stereocenters. The van der Waals surface area contributed by atoms with Crippen LogP contribution in [0.2, 0.25) is 0 Å². The van der Waals surface area contributed by atoms with E-state index in [1.165, 1.54) is 39.0 Å². The first-order chi connectivity index (χ1) is 6.29. The molecular formula is C10H21N3. The average molecular weight is 183 g/mol. The number of piperazine rings is 1. The number of hydrogen-bond donors (Lipinski definition) is 1. The molecule has 0 unspecified atom stereocenters. The summed E-state index contributed by atoms with van der Waals surface area (Å²) in [5.41, 5.74) is 0. The Morgan fingerprint density at radius 3 is 2.23 bits per heavy atom. The van der Waals surface area contributed by atoms with Crippen LogP contribution in [0.25, 0.3) is 0 Å². The third-order valence-electron chi connectivity index (χ3n) is 3.58. The van der Waals surface area contributed by atoms with E-state index in [9.17, 15) is 0 Å². The second kappa shape index (κ2) is 3.95. The van der Waals surface area contributed by atoms with Gasteiger partial charge in [-0.15, -0.1) is 0 Å². The van der Waals surface area contributed by atoms with Crippen LogP contribution in [0, 0.1) is 0 Å². The molecule has 0 aromatic carbocycles. The van der Waals surface area contributed by atoms with Gasteiger partial charge in [0.2, 0.25) is 0 Å². The maximum atomic E-state index is 3.34. The third-order valence-corrected chi connectivity index (χ3v) is 3.58. The van der Waals surface area contributed by atoms with Crippen molar-refractivity contribution >= 4 is 0 Å². The van der Waals surface area contributed by atoms with Gasteiger partial charge in [-0.1, -0.05) is 0 Å². The quantitative estimate of drug-likeness (QED) is 0.649. The van der Waals surface area contributed by atoms with Gasteiger partial charge in [0.1, 0.15) is 0 Å². The summed E-state index contributed by atoms with van der Waals surface area (Å²) in [6.45, 7) is 5.05. The van der Waals surface area contributed by atoms with E-state index in [2.05, 4.69) is 29.2 Å². The number of nitrogens with one attached hydrogen (secondary N) is 1. The number of hydrogen-bond acceptors (Lipinski definition) is 3. The van der Waals surface area contributed by atoms with Crippen molar-refractivity contribution in [3.05, 3.63) is 0 Å². The first kappa shape index (κ1) is 9.44. The van der Waals surface area contributed by atoms with Gasteiger partial charge in [-0.2, -0.15) is 0 Å². The predicted molar refractivity (Wildman–Crippen MR) is 54.9 cm³/mol. The molecule has 1 saturated carbocycles. The standard InChI is InChI=1S/C10H21N3/c1-11-9-7-10(8-9)13-5-3-12(2)4-6-13/h9-11H,3-8H2,1-2H3/t9-,10-. The zero-order chi connectivity index (χ0) is 9.26. The molecule has 1 N–H and O–H groups in total. The van der Waals surface area contributed by atoms with Gasteiger partial charge >= 0.3 is 0 Å². The van der Waals surface area contributed by atoms with Crippen molar-refractivity contribution in [1.82, 2.24) is 15.1 Å². The first-order valence-corrected chi connectivity index (χ1v) is 5.39. The minimum absolute atomic E-state index is 0.796. The van der Waals surface area contributed by atoms with Crippen LogP contribution in [0.4, 0.5) is 0 Å². The zero-order valence-corrected chi connectivity index (χ0v) is 8.79. The molecule has 0 aromatic rings. The molecule has 0 spiro atoms. The summed E-state index contributed by atoms with van der Waals surface area (Å²) in [4.78, 5) is 5.08. The van der Waals surface area contributed by atoms with Crippen LogP contribution in [0.1, 0.15) is 12.8 Å². The molecule has 0 bridgehead atoms. The Kier molecular flexibility index (Phi) is 2.86. The molecule has 0 aromatic heterocycles. The Hall–Kier alpha value is -0.120. The van der Waals surface area contributed by atoms with E-state index >= 15 is 0 Å². The van der Waals surface area contributed by atoms with Gasteiger partial charge in [-0.3, -0.25) is 4.90 Å². The van der Waals surface area contributed by atoms with Crippen LogP contribution >= 0.6 is 0 Å². The highest BCUT2D eigenvalue weighted by atomic mass is 15.3. The van der Waals surface area contributed by atoms with Crippen molar-refractivity contribution < 1.29 is 0 Å². The normalized spacial score (nSPS) is 37.4. The predicted octanol–water partition coefficient (Wildman–Crippen LogP) is -0.0158. The maximum absolute atomic E-state index is 3.34. The fourth-order valence-electron chi connectivity index (χ4n) is 2.31. The smallest absolute Gasteiger partial charge is 0.0126 e. The monoisotopic (exact) mass is 183 g/mol. The molecule has 1 saturated heterocycles. The van der Waals surface area contributed by atoms with Crippen molar-refractivity contribution in [2.45, 2.75) is 24.9 Å². The van der Waals surface area contributed by atoms with Gasteiger partial charge in [-0.25, -0.2) is 0 Å². The first-order valence-electron chi connectivity index (χ1n) is 5.39. The summed E-state index contributed by atoms with van der Waals surface area (Å²) in [6.07, 6.45) is 2.72. The summed E-state index contributed by atoms with van der Waals surface area (Å²) in [5, 5.41) is 3.34. The highest BCUT2D eigenvalue weighted by Crippen LogP contribution is 2.25. The van der Waals surface area contributed by atoms with Crippen LogP contribution < -0.4 is 5.32 Å². The molecule has 1 aliphatic heterocycles. The Morgan fingerprint density at radius 1 is 1.08 bits per heavy atom. The van der Waals surface area contributed by atoms with Crippen LogP contribution in [-0.4, -0.2) is 62.2 Å². The van der Waals surface area contributed by atoms with Crippen LogP contribution in [0.15, 0.2) is 0 Å². The van der Waals surface area contributed by atoms with Crippen LogP contribution in [-0.2, 0) is 0 Å². The van der Waals surface area contributed by atoms with Crippen LogP contribution in [0.3, 0.4) is 0 Å². The summed E-state index contributed by atoms with van der Waals surface area (Å²) in [5.74, 6) is 0. The van der Waals surface area contributed by atoms with E-state index in [0.717, 1.165) is 12.1 Å². The Bertz CT molecular complexity index is 158. The SMILES string of the molecule is CN[C@H]1C[C@H](N2CCN(C)CC2)C1. The minimum Gasteiger partial charge on any atom is -0.317 e. The lowest BCUT2D eigenvalue weighted by Crippen LogP contribution is -2.56. The third kappa shape index (κ3) is 2.03.